The summed E-state index contributed by atoms with van der Waals surface area (Å²) >= 11 is 6.09. The van der Waals surface area contributed by atoms with E-state index in [0.29, 0.717) is 12.1 Å². The number of carbonyl (C=O) groups is 1. The molecule has 156 valence electrons. The number of H-pyrrole nitrogens is 1. The average Bonchev–Trinajstić information content (AvgIpc) is 2.74. The summed E-state index contributed by atoms with van der Waals surface area (Å²) in [5.41, 5.74) is 2.36. The molecule has 0 spiro atoms. The standard InChI is InChI=1S/C22H24ClN5O2/c1-15-18-14-19(22(30)26-20(18)5-6-24-15)21(29)25-7-8-27-9-11-28(12-10-27)17-4-2-3-16(23)13-17/h2-6,13-14H,7-12H2,1H3,(H,25,29)(H,26,30)/p+1. The normalized spacial score (nSPS) is 14.8. The summed E-state index contributed by atoms with van der Waals surface area (Å²) in [5, 5.41) is 4.42. The monoisotopic (exact) mass is 426 g/mol. The maximum atomic E-state index is 12.5. The number of amides is 1. The molecule has 0 saturated carbocycles. The molecule has 1 saturated heterocycles. The van der Waals surface area contributed by atoms with E-state index in [2.05, 4.69) is 26.3 Å². The van der Waals surface area contributed by atoms with Gasteiger partial charge in [0.15, 0.2) is 0 Å². The number of carbonyl (C=O) groups excluding carboxylic acids is 1. The zero-order valence-corrected chi connectivity index (χ0v) is 17.6. The van der Waals surface area contributed by atoms with E-state index in [4.69, 9.17) is 11.6 Å². The van der Waals surface area contributed by atoms with Crippen LogP contribution in [0.5, 0.6) is 0 Å². The predicted molar refractivity (Wildman–Crippen MR) is 119 cm³/mol. The average molecular weight is 427 g/mol. The minimum Gasteiger partial charge on any atom is -0.360 e. The van der Waals surface area contributed by atoms with Gasteiger partial charge < -0.3 is 20.1 Å². The number of nitrogens with one attached hydrogen (secondary N) is 3. The molecule has 3 heterocycles. The maximum absolute atomic E-state index is 12.5. The van der Waals surface area contributed by atoms with Crippen molar-refractivity contribution in [3.05, 3.63) is 69.2 Å². The summed E-state index contributed by atoms with van der Waals surface area (Å²) in [6, 6.07) is 11.3. The lowest BCUT2D eigenvalue weighted by atomic mass is 10.1. The van der Waals surface area contributed by atoms with Gasteiger partial charge >= 0.3 is 0 Å². The molecule has 0 bridgehead atoms. The van der Waals surface area contributed by atoms with Crippen molar-refractivity contribution < 1.29 is 9.69 Å². The first kappa shape index (κ1) is 20.4. The fraction of sp³-hybridized carbons (Fsp3) is 0.318. The molecule has 2 aromatic heterocycles. The molecule has 0 unspecified atom stereocenters. The van der Waals surface area contributed by atoms with Crippen molar-refractivity contribution in [1.29, 1.82) is 0 Å². The highest BCUT2D eigenvalue weighted by atomic mass is 35.5. The van der Waals surface area contributed by atoms with Gasteiger partial charge in [-0.1, -0.05) is 17.7 Å². The van der Waals surface area contributed by atoms with Crippen molar-refractivity contribution in [2.24, 2.45) is 0 Å². The highest BCUT2D eigenvalue weighted by molar-refractivity contribution is 6.30. The molecule has 1 aliphatic heterocycles. The fourth-order valence-electron chi connectivity index (χ4n) is 3.89. The summed E-state index contributed by atoms with van der Waals surface area (Å²) in [7, 11) is 0. The number of hydrogen-bond acceptors (Lipinski definition) is 4. The number of hydrogen-bond donors (Lipinski definition) is 3. The lowest BCUT2D eigenvalue weighted by Gasteiger charge is -2.33. The molecule has 4 rings (SSSR count). The Kier molecular flexibility index (Phi) is 6.01. The SMILES string of the molecule is Cc1nccc2[nH]c(=O)c(C(=O)NCC[NH+]3CCN(c4cccc(Cl)c4)CC3)cc12. The van der Waals surface area contributed by atoms with Gasteiger partial charge in [0.1, 0.15) is 5.56 Å². The summed E-state index contributed by atoms with van der Waals surface area (Å²) in [6.45, 7) is 7.07. The lowest BCUT2D eigenvalue weighted by Crippen LogP contribution is -3.15. The number of aryl methyl sites for hydroxylation is 1. The lowest BCUT2D eigenvalue weighted by molar-refractivity contribution is -0.899. The number of aromatic amines is 1. The second-order valence-corrected chi connectivity index (χ2v) is 8.03. The van der Waals surface area contributed by atoms with Crippen LogP contribution < -0.4 is 20.7 Å². The first-order valence-electron chi connectivity index (χ1n) is 10.1. The first-order chi connectivity index (χ1) is 14.5. The van der Waals surface area contributed by atoms with E-state index in [1.165, 1.54) is 4.90 Å². The van der Waals surface area contributed by atoms with E-state index >= 15 is 0 Å². The number of nitrogens with zero attached hydrogens (tertiary/aromatic N) is 2. The Morgan fingerprint density at radius 2 is 2.07 bits per heavy atom. The Morgan fingerprint density at radius 1 is 1.27 bits per heavy atom. The van der Waals surface area contributed by atoms with Crippen LogP contribution in [-0.2, 0) is 0 Å². The summed E-state index contributed by atoms with van der Waals surface area (Å²) < 4.78 is 0. The third-order valence-corrected chi connectivity index (χ3v) is 5.86. The van der Waals surface area contributed by atoms with Gasteiger partial charge in [-0.3, -0.25) is 14.6 Å². The van der Waals surface area contributed by atoms with E-state index in [1.54, 1.807) is 18.3 Å². The van der Waals surface area contributed by atoms with Crippen molar-refractivity contribution in [2.45, 2.75) is 6.92 Å². The van der Waals surface area contributed by atoms with Crippen LogP contribution >= 0.6 is 11.6 Å². The molecule has 7 nitrogen and oxygen atoms in total. The number of piperazine rings is 1. The second kappa shape index (κ2) is 8.85. The molecule has 0 radical (unpaired) electrons. The first-order valence-corrected chi connectivity index (χ1v) is 10.5. The largest absolute Gasteiger partial charge is 0.360 e. The Labute approximate surface area is 179 Å². The van der Waals surface area contributed by atoms with E-state index in [1.807, 2.05) is 25.1 Å². The molecule has 1 fully saturated rings. The van der Waals surface area contributed by atoms with Crippen molar-refractivity contribution in [3.8, 4) is 0 Å². The number of anilines is 1. The van der Waals surface area contributed by atoms with Crippen LogP contribution in [0, 0.1) is 6.92 Å². The summed E-state index contributed by atoms with van der Waals surface area (Å²) in [4.78, 5) is 35.6. The minimum absolute atomic E-state index is 0.124. The Morgan fingerprint density at radius 3 is 2.83 bits per heavy atom. The Bertz CT molecular complexity index is 1120. The minimum atomic E-state index is -0.381. The zero-order valence-electron chi connectivity index (χ0n) is 16.9. The number of halogens is 1. The number of rotatable bonds is 5. The van der Waals surface area contributed by atoms with Gasteiger partial charge in [-0.15, -0.1) is 0 Å². The van der Waals surface area contributed by atoms with Gasteiger partial charge in [0, 0.05) is 28.0 Å². The van der Waals surface area contributed by atoms with E-state index in [0.717, 1.165) is 54.5 Å². The fourth-order valence-corrected chi connectivity index (χ4v) is 4.07. The van der Waals surface area contributed by atoms with Crippen LogP contribution in [-0.4, -0.2) is 55.1 Å². The third-order valence-electron chi connectivity index (χ3n) is 5.62. The van der Waals surface area contributed by atoms with Crippen LogP contribution in [0.2, 0.25) is 5.02 Å². The van der Waals surface area contributed by atoms with E-state index in [9.17, 15) is 9.59 Å². The molecule has 3 N–H and O–H groups in total. The zero-order chi connectivity index (χ0) is 21.1. The highest BCUT2D eigenvalue weighted by Gasteiger charge is 2.20. The van der Waals surface area contributed by atoms with E-state index < -0.39 is 0 Å². The van der Waals surface area contributed by atoms with Crippen molar-refractivity contribution in [3.63, 3.8) is 0 Å². The van der Waals surface area contributed by atoms with Gasteiger partial charge in [-0.2, -0.15) is 0 Å². The molecule has 8 heteroatoms. The van der Waals surface area contributed by atoms with Gasteiger partial charge in [-0.05, 0) is 37.3 Å². The Balaban J connectivity index is 1.30. The number of aromatic nitrogens is 2. The smallest absolute Gasteiger partial charge is 0.261 e. The summed E-state index contributed by atoms with van der Waals surface area (Å²) in [5.74, 6) is -0.349. The molecule has 1 aromatic carbocycles. The molecule has 1 amide bonds. The van der Waals surface area contributed by atoms with Crippen LogP contribution in [0.15, 0.2) is 47.4 Å². The number of fused-ring (bicyclic) bond motifs is 1. The van der Waals surface area contributed by atoms with Gasteiger partial charge in [-0.25, -0.2) is 0 Å². The predicted octanol–water partition coefficient (Wildman–Crippen LogP) is 1.02. The molecule has 0 aliphatic carbocycles. The number of benzene rings is 1. The number of quaternary nitrogens is 1. The molecule has 30 heavy (non-hydrogen) atoms. The van der Waals surface area contributed by atoms with Gasteiger partial charge in [0.2, 0.25) is 0 Å². The Hall–Kier alpha value is -2.90. The summed E-state index contributed by atoms with van der Waals surface area (Å²) in [6.07, 6.45) is 1.64. The molecule has 1 aliphatic rings. The van der Waals surface area contributed by atoms with Gasteiger partial charge in [0.05, 0.1) is 44.8 Å². The van der Waals surface area contributed by atoms with Crippen LogP contribution in [0.25, 0.3) is 10.9 Å². The molecular formula is C22H25ClN5O2+. The number of pyridine rings is 2. The highest BCUT2D eigenvalue weighted by Crippen LogP contribution is 2.19. The van der Waals surface area contributed by atoms with Crippen LogP contribution in [0.1, 0.15) is 16.1 Å². The quantitative estimate of drug-likeness (QED) is 0.569. The second-order valence-electron chi connectivity index (χ2n) is 7.59. The van der Waals surface area contributed by atoms with E-state index in [-0.39, 0.29) is 17.0 Å². The third kappa shape index (κ3) is 4.47. The van der Waals surface area contributed by atoms with Crippen LogP contribution in [0.3, 0.4) is 0 Å². The van der Waals surface area contributed by atoms with Crippen molar-refractivity contribution in [2.75, 3.05) is 44.2 Å². The topological polar surface area (TPSA) is 82.5 Å². The van der Waals surface area contributed by atoms with Crippen molar-refractivity contribution in [1.82, 2.24) is 15.3 Å². The molecular weight excluding hydrogens is 402 g/mol. The molecule has 3 aromatic rings. The van der Waals surface area contributed by atoms with Gasteiger partial charge in [0.25, 0.3) is 11.5 Å². The van der Waals surface area contributed by atoms with Crippen LogP contribution in [0.4, 0.5) is 5.69 Å². The van der Waals surface area contributed by atoms with Crippen molar-refractivity contribution >= 4 is 34.1 Å². The molecule has 0 atom stereocenters. The maximum Gasteiger partial charge on any atom is 0.261 e.